The van der Waals surface area contributed by atoms with Crippen molar-refractivity contribution in [1.29, 1.82) is 0 Å². The number of ether oxygens (including phenoxy) is 2. The molecule has 0 aliphatic carbocycles. The van der Waals surface area contributed by atoms with Crippen molar-refractivity contribution in [2.75, 3.05) is 7.11 Å². The molecule has 3 atom stereocenters. The van der Waals surface area contributed by atoms with E-state index in [1.54, 1.807) is 7.11 Å². The van der Waals surface area contributed by atoms with Crippen LogP contribution >= 0.6 is 0 Å². The molecule has 1 fully saturated rings. The number of rotatable bonds is 16. The molecule has 25 heavy (non-hydrogen) atoms. The molecule has 1 saturated heterocycles. The first-order valence-corrected chi connectivity index (χ1v) is 10.9. The first-order chi connectivity index (χ1) is 12.2. The maximum atomic E-state index is 11.8. The Morgan fingerprint density at radius 3 is 1.68 bits per heavy atom. The number of unbranched alkanes of at least 4 members (excludes halogenated alkanes) is 13. The summed E-state index contributed by atoms with van der Waals surface area (Å²) in [5, 5.41) is 0. The van der Waals surface area contributed by atoms with Gasteiger partial charge in [0.15, 0.2) is 0 Å². The molecule has 1 aliphatic heterocycles. The zero-order chi connectivity index (χ0) is 18.3. The second-order valence-electron chi connectivity index (χ2n) is 7.83. The Hall–Kier alpha value is -0.570. The van der Waals surface area contributed by atoms with Crippen LogP contribution in [0.4, 0.5) is 0 Å². The molecule has 148 valence electrons. The van der Waals surface area contributed by atoms with E-state index in [2.05, 4.69) is 6.92 Å². The molecule has 0 N–H and O–H groups in total. The van der Waals surface area contributed by atoms with Gasteiger partial charge in [-0.15, -0.1) is 0 Å². The third-order valence-corrected chi connectivity index (χ3v) is 5.60. The van der Waals surface area contributed by atoms with Crippen LogP contribution in [0.2, 0.25) is 0 Å². The third-order valence-electron chi connectivity index (χ3n) is 5.60. The summed E-state index contributed by atoms with van der Waals surface area (Å²) < 4.78 is 10.7. The molecule has 0 unspecified atom stereocenters. The Bertz CT molecular complexity index is 329. The zero-order valence-corrected chi connectivity index (χ0v) is 17.1. The van der Waals surface area contributed by atoms with E-state index in [4.69, 9.17) is 9.47 Å². The van der Waals surface area contributed by atoms with Gasteiger partial charge >= 0.3 is 5.97 Å². The van der Waals surface area contributed by atoms with Crippen LogP contribution in [0.1, 0.15) is 110 Å². The largest absolute Gasteiger partial charge is 0.460 e. The molecule has 0 radical (unpaired) electrons. The maximum absolute atomic E-state index is 11.8. The molecule has 0 aromatic carbocycles. The third kappa shape index (κ3) is 9.63. The van der Waals surface area contributed by atoms with Gasteiger partial charge in [0, 0.05) is 7.11 Å². The van der Waals surface area contributed by atoms with E-state index in [0.29, 0.717) is 0 Å². The monoisotopic (exact) mass is 354 g/mol. The van der Waals surface area contributed by atoms with Crippen molar-refractivity contribution in [3.05, 3.63) is 0 Å². The molecule has 1 rings (SSSR count). The quantitative estimate of drug-likeness (QED) is 0.236. The molecule has 0 amide bonds. The van der Waals surface area contributed by atoms with Gasteiger partial charge in [0.2, 0.25) is 0 Å². The zero-order valence-electron chi connectivity index (χ0n) is 17.1. The van der Waals surface area contributed by atoms with Crippen molar-refractivity contribution in [2.45, 2.75) is 122 Å². The van der Waals surface area contributed by atoms with Crippen LogP contribution in [0, 0.1) is 5.92 Å². The second kappa shape index (κ2) is 14.6. The van der Waals surface area contributed by atoms with Crippen molar-refractivity contribution in [3.63, 3.8) is 0 Å². The van der Waals surface area contributed by atoms with E-state index in [9.17, 15) is 4.79 Å². The Morgan fingerprint density at radius 1 is 0.800 bits per heavy atom. The summed E-state index contributed by atoms with van der Waals surface area (Å²) in [7, 11) is 1.68. The minimum atomic E-state index is -0.0888. The van der Waals surface area contributed by atoms with Gasteiger partial charge in [-0.3, -0.25) is 4.79 Å². The van der Waals surface area contributed by atoms with Crippen molar-refractivity contribution >= 4 is 5.97 Å². The van der Waals surface area contributed by atoms with E-state index in [1.807, 2.05) is 6.92 Å². The number of esters is 1. The van der Waals surface area contributed by atoms with E-state index in [0.717, 1.165) is 12.8 Å². The van der Waals surface area contributed by atoms with Crippen LogP contribution in [0.15, 0.2) is 0 Å². The predicted molar refractivity (Wildman–Crippen MR) is 105 cm³/mol. The number of carbonyl (C=O) groups is 1. The van der Waals surface area contributed by atoms with Crippen molar-refractivity contribution in [1.82, 2.24) is 0 Å². The first-order valence-electron chi connectivity index (χ1n) is 10.9. The Kier molecular flexibility index (Phi) is 13.1. The van der Waals surface area contributed by atoms with E-state index in [-0.39, 0.29) is 24.1 Å². The van der Waals surface area contributed by atoms with Gasteiger partial charge < -0.3 is 9.47 Å². The van der Waals surface area contributed by atoms with Gasteiger partial charge in [-0.05, 0) is 13.3 Å². The lowest BCUT2D eigenvalue weighted by Crippen LogP contribution is -2.27. The van der Waals surface area contributed by atoms with Crippen molar-refractivity contribution in [2.24, 2.45) is 5.92 Å². The second-order valence-corrected chi connectivity index (χ2v) is 7.83. The first kappa shape index (κ1) is 22.5. The minimum absolute atomic E-state index is 0.0441. The summed E-state index contributed by atoms with van der Waals surface area (Å²) in [6.07, 6.45) is 19.9. The standard InChI is InChI=1S/C22H42O3/c1-4-5-6-7-8-9-10-11-12-13-14-15-16-17-18-20-21(24-3)19(2)25-22(20)23/h19-21H,4-18H2,1-3H3/t19-,20+,21+/m1/s1. The predicted octanol–water partition coefficient (Wildman–Crippen LogP) is 6.43. The smallest absolute Gasteiger partial charge is 0.312 e. The maximum Gasteiger partial charge on any atom is 0.312 e. The summed E-state index contributed by atoms with van der Waals surface area (Å²) in [5.41, 5.74) is 0. The number of hydrogen-bond acceptors (Lipinski definition) is 3. The average Bonchev–Trinajstić information content (AvgIpc) is 2.88. The van der Waals surface area contributed by atoms with E-state index < -0.39 is 0 Å². The Balaban J connectivity index is 1.85. The molecule has 3 nitrogen and oxygen atoms in total. The van der Waals surface area contributed by atoms with Gasteiger partial charge in [0.1, 0.15) is 12.2 Å². The molecule has 3 heteroatoms. The number of hydrogen-bond donors (Lipinski definition) is 0. The van der Waals surface area contributed by atoms with E-state index in [1.165, 1.54) is 83.5 Å². The molecule has 0 bridgehead atoms. The van der Waals surface area contributed by atoms with Gasteiger partial charge in [0.25, 0.3) is 0 Å². The summed E-state index contributed by atoms with van der Waals surface area (Å²) in [6.45, 7) is 4.21. The molecule has 0 spiro atoms. The lowest BCUT2D eigenvalue weighted by Gasteiger charge is -2.16. The Labute approximate surface area is 156 Å². The van der Waals surface area contributed by atoms with Crippen LogP contribution in [-0.4, -0.2) is 25.3 Å². The van der Waals surface area contributed by atoms with Crippen molar-refractivity contribution < 1.29 is 14.3 Å². The highest BCUT2D eigenvalue weighted by Crippen LogP contribution is 2.28. The SMILES string of the molecule is CCCCCCCCCCCCCCCC[C@@H]1C(=O)O[C@H](C)[C@@H]1OC. The van der Waals surface area contributed by atoms with Gasteiger partial charge in [0.05, 0.1) is 5.92 Å². The van der Waals surface area contributed by atoms with Crippen molar-refractivity contribution in [3.8, 4) is 0 Å². The highest BCUT2D eigenvalue weighted by atomic mass is 16.6. The molecule has 1 aliphatic rings. The highest BCUT2D eigenvalue weighted by molar-refractivity contribution is 5.75. The summed E-state index contributed by atoms with van der Waals surface area (Å²) in [5.74, 6) is -0.105. The van der Waals surface area contributed by atoms with Crippen LogP contribution < -0.4 is 0 Å². The lowest BCUT2D eigenvalue weighted by atomic mass is 9.94. The van der Waals surface area contributed by atoms with Crippen LogP contribution in [-0.2, 0) is 14.3 Å². The fourth-order valence-electron chi connectivity index (χ4n) is 4.00. The molecule has 1 heterocycles. The number of cyclic esters (lactones) is 1. The molecule has 0 aromatic rings. The summed E-state index contributed by atoms with van der Waals surface area (Å²) >= 11 is 0. The number of methoxy groups -OCH3 is 1. The Morgan fingerprint density at radius 2 is 1.24 bits per heavy atom. The van der Waals surface area contributed by atoms with E-state index >= 15 is 0 Å². The normalized spacial score (nSPS) is 23.2. The summed E-state index contributed by atoms with van der Waals surface area (Å²) in [6, 6.07) is 0. The lowest BCUT2D eigenvalue weighted by molar-refractivity contribution is -0.143. The number of carbonyl (C=O) groups excluding carboxylic acids is 1. The summed E-state index contributed by atoms with van der Waals surface area (Å²) in [4.78, 5) is 11.8. The van der Waals surface area contributed by atoms with Crippen LogP contribution in [0.25, 0.3) is 0 Å². The van der Waals surface area contributed by atoms with Gasteiger partial charge in [-0.2, -0.15) is 0 Å². The average molecular weight is 355 g/mol. The highest BCUT2D eigenvalue weighted by Gasteiger charge is 2.41. The van der Waals surface area contributed by atoms with Crippen LogP contribution in [0.5, 0.6) is 0 Å². The minimum Gasteiger partial charge on any atom is -0.460 e. The van der Waals surface area contributed by atoms with Gasteiger partial charge in [-0.25, -0.2) is 0 Å². The molecule has 0 aromatic heterocycles. The fraction of sp³-hybridized carbons (Fsp3) is 0.955. The molecular weight excluding hydrogens is 312 g/mol. The topological polar surface area (TPSA) is 35.5 Å². The molecular formula is C22H42O3. The fourth-order valence-corrected chi connectivity index (χ4v) is 4.00. The van der Waals surface area contributed by atoms with Gasteiger partial charge in [-0.1, -0.05) is 96.8 Å². The van der Waals surface area contributed by atoms with Crippen LogP contribution in [0.3, 0.4) is 0 Å². The molecule has 0 saturated carbocycles.